The van der Waals surface area contributed by atoms with Crippen molar-refractivity contribution in [1.82, 2.24) is 9.55 Å². The van der Waals surface area contributed by atoms with E-state index in [1.807, 2.05) is 80.6 Å². The summed E-state index contributed by atoms with van der Waals surface area (Å²) < 4.78 is 8.05. The van der Waals surface area contributed by atoms with Crippen molar-refractivity contribution < 1.29 is 9.21 Å². The Hall–Kier alpha value is -3.60. The van der Waals surface area contributed by atoms with Gasteiger partial charge in [-0.15, -0.1) is 0 Å². The first-order valence-electron chi connectivity index (χ1n) is 9.24. The van der Waals surface area contributed by atoms with Gasteiger partial charge in [-0.1, -0.05) is 42.5 Å². The molecule has 0 aliphatic carbocycles. The van der Waals surface area contributed by atoms with E-state index in [0.29, 0.717) is 17.1 Å². The number of imidazole rings is 1. The van der Waals surface area contributed by atoms with Crippen molar-refractivity contribution in [2.24, 2.45) is 0 Å². The molecule has 0 saturated heterocycles. The predicted octanol–water partition coefficient (Wildman–Crippen LogP) is 5.11. The molecule has 28 heavy (non-hydrogen) atoms. The van der Waals surface area contributed by atoms with Crippen molar-refractivity contribution in [3.05, 3.63) is 95.1 Å². The number of ketones is 1. The van der Waals surface area contributed by atoms with Gasteiger partial charge in [0.1, 0.15) is 17.6 Å². The molecule has 5 heteroatoms. The molecule has 0 radical (unpaired) electrons. The fourth-order valence-electron chi connectivity index (χ4n) is 3.87. The molecule has 138 valence electrons. The lowest BCUT2D eigenvalue weighted by Crippen LogP contribution is -2.27. The topological polar surface area (TPSA) is 60.1 Å². The minimum atomic E-state index is -0.384. The number of benzene rings is 2. The molecular formula is C23H19N3O2. The van der Waals surface area contributed by atoms with Crippen LogP contribution in [-0.2, 0) is 0 Å². The van der Waals surface area contributed by atoms with Crippen molar-refractivity contribution >= 4 is 22.8 Å². The minimum Gasteiger partial charge on any atom is -0.464 e. The number of fused-ring (bicyclic) bond motifs is 3. The lowest BCUT2D eigenvalue weighted by Gasteiger charge is -2.29. The first-order valence-corrected chi connectivity index (χ1v) is 9.24. The quantitative estimate of drug-likeness (QED) is 0.510. The van der Waals surface area contributed by atoms with Gasteiger partial charge in [-0.3, -0.25) is 9.36 Å². The molecule has 0 unspecified atom stereocenters. The van der Waals surface area contributed by atoms with Crippen LogP contribution in [0, 0.1) is 6.92 Å². The zero-order valence-corrected chi connectivity index (χ0v) is 15.6. The number of carbonyl (C=O) groups is 1. The Morgan fingerprint density at radius 2 is 1.75 bits per heavy atom. The number of hydrogen-bond donors (Lipinski definition) is 1. The highest BCUT2D eigenvalue weighted by Crippen LogP contribution is 2.40. The van der Waals surface area contributed by atoms with Crippen LogP contribution in [0.5, 0.6) is 0 Å². The zero-order chi connectivity index (χ0) is 19.3. The van der Waals surface area contributed by atoms with Crippen LogP contribution in [-0.4, -0.2) is 15.3 Å². The van der Waals surface area contributed by atoms with Crippen LogP contribution in [0.1, 0.15) is 34.8 Å². The van der Waals surface area contributed by atoms with E-state index in [1.165, 1.54) is 0 Å². The number of Topliss-reactive ketones (excluding diaryl/α,β-unsaturated/α-hetero) is 1. The Labute approximate surface area is 162 Å². The maximum Gasteiger partial charge on any atom is 0.209 e. The third-order valence-electron chi connectivity index (χ3n) is 5.14. The summed E-state index contributed by atoms with van der Waals surface area (Å²) in [6.45, 7) is 3.83. The molecule has 1 atom stereocenters. The van der Waals surface area contributed by atoms with Crippen molar-refractivity contribution in [3.63, 3.8) is 0 Å². The number of anilines is 1. The average molecular weight is 369 g/mol. The van der Waals surface area contributed by atoms with Gasteiger partial charge in [-0.25, -0.2) is 4.98 Å². The molecule has 1 aliphatic heterocycles. The maximum atomic E-state index is 13.5. The number of rotatable bonds is 3. The molecule has 5 rings (SSSR count). The number of nitrogens with one attached hydrogen (secondary N) is 1. The largest absolute Gasteiger partial charge is 0.464 e. The van der Waals surface area contributed by atoms with Crippen LogP contribution in [0.4, 0.5) is 5.95 Å². The predicted molar refractivity (Wildman–Crippen MR) is 108 cm³/mol. The van der Waals surface area contributed by atoms with E-state index in [2.05, 4.69) is 9.88 Å². The van der Waals surface area contributed by atoms with Gasteiger partial charge in [-0.2, -0.15) is 0 Å². The molecule has 0 bridgehead atoms. The average Bonchev–Trinajstić information content (AvgIpc) is 3.30. The summed E-state index contributed by atoms with van der Waals surface area (Å²) in [7, 11) is 0. The third kappa shape index (κ3) is 2.47. The van der Waals surface area contributed by atoms with E-state index in [1.54, 1.807) is 0 Å². The third-order valence-corrected chi connectivity index (χ3v) is 5.14. The Morgan fingerprint density at radius 1 is 1.00 bits per heavy atom. The van der Waals surface area contributed by atoms with Gasteiger partial charge < -0.3 is 9.73 Å². The molecular weight excluding hydrogens is 350 g/mol. The van der Waals surface area contributed by atoms with E-state index >= 15 is 0 Å². The van der Waals surface area contributed by atoms with Gasteiger partial charge in [-0.05, 0) is 38.1 Å². The van der Waals surface area contributed by atoms with Gasteiger partial charge in [0.25, 0.3) is 0 Å². The lowest BCUT2D eigenvalue weighted by molar-refractivity contribution is 0.102. The highest BCUT2D eigenvalue weighted by atomic mass is 16.3. The van der Waals surface area contributed by atoms with Gasteiger partial charge in [0, 0.05) is 16.8 Å². The molecule has 2 aromatic heterocycles. The van der Waals surface area contributed by atoms with Crippen LogP contribution in [0.3, 0.4) is 0 Å². The molecule has 5 nitrogen and oxygen atoms in total. The van der Waals surface area contributed by atoms with Crippen molar-refractivity contribution in [2.45, 2.75) is 19.9 Å². The SMILES string of the molecule is CC1=C(C(=O)c2ccccc2)[C@H](c2ccc(C)o2)n2c(nc3ccccc32)N1. The molecule has 2 aromatic carbocycles. The standard InChI is InChI=1S/C23H19N3O2/c1-14-12-13-19(28-14)21-20(22(27)16-8-4-3-5-9-16)15(2)24-23-25-17-10-6-7-11-18(17)26(21)23/h3-13,21H,1-2H3,(H,24,25)/t21-/m0/s1. The van der Waals surface area contributed by atoms with Crippen molar-refractivity contribution in [3.8, 4) is 0 Å². The van der Waals surface area contributed by atoms with Crippen LogP contribution in [0.2, 0.25) is 0 Å². The van der Waals surface area contributed by atoms with Gasteiger partial charge in [0.15, 0.2) is 5.78 Å². The molecule has 0 saturated carbocycles. The highest BCUT2D eigenvalue weighted by molar-refractivity contribution is 6.10. The number of allylic oxidation sites excluding steroid dienone is 2. The van der Waals surface area contributed by atoms with Crippen LogP contribution >= 0.6 is 0 Å². The first kappa shape index (κ1) is 16.6. The Kier molecular flexibility index (Phi) is 3.69. The summed E-state index contributed by atoms with van der Waals surface area (Å²) in [6, 6.07) is 20.8. The van der Waals surface area contributed by atoms with Crippen molar-refractivity contribution in [1.29, 1.82) is 0 Å². The fraction of sp³-hybridized carbons (Fsp3) is 0.130. The van der Waals surface area contributed by atoms with E-state index in [9.17, 15) is 4.79 Å². The summed E-state index contributed by atoms with van der Waals surface area (Å²) in [5.74, 6) is 2.22. The maximum absolute atomic E-state index is 13.5. The number of aromatic nitrogens is 2. The van der Waals surface area contributed by atoms with Crippen LogP contribution in [0.15, 0.2) is 82.4 Å². The molecule has 0 amide bonds. The summed E-state index contributed by atoms with van der Waals surface area (Å²) in [6.07, 6.45) is 0. The van der Waals surface area contributed by atoms with Gasteiger partial charge >= 0.3 is 0 Å². The number of para-hydroxylation sites is 2. The van der Waals surface area contributed by atoms with E-state index in [0.717, 1.165) is 28.3 Å². The Morgan fingerprint density at radius 3 is 2.50 bits per heavy atom. The Balaban J connectivity index is 1.76. The monoisotopic (exact) mass is 369 g/mol. The van der Waals surface area contributed by atoms with Crippen LogP contribution in [0.25, 0.3) is 11.0 Å². The smallest absolute Gasteiger partial charge is 0.209 e. The summed E-state index contributed by atoms with van der Waals surface area (Å²) in [4.78, 5) is 18.2. The molecule has 0 fully saturated rings. The Bertz CT molecular complexity index is 1230. The molecule has 1 N–H and O–H groups in total. The second-order valence-corrected chi connectivity index (χ2v) is 7.00. The summed E-state index contributed by atoms with van der Waals surface area (Å²) in [5, 5.41) is 3.33. The minimum absolute atomic E-state index is 0.0203. The fourth-order valence-corrected chi connectivity index (χ4v) is 3.87. The normalized spacial score (nSPS) is 16.1. The first-order chi connectivity index (χ1) is 13.6. The number of carbonyl (C=O) groups excluding carboxylic acids is 1. The van der Waals surface area contributed by atoms with Gasteiger partial charge in [0.2, 0.25) is 5.95 Å². The van der Waals surface area contributed by atoms with Crippen LogP contribution < -0.4 is 5.32 Å². The van der Waals surface area contributed by atoms with E-state index in [-0.39, 0.29) is 11.8 Å². The number of furan rings is 1. The molecule has 3 heterocycles. The van der Waals surface area contributed by atoms with E-state index < -0.39 is 0 Å². The second-order valence-electron chi connectivity index (χ2n) is 7.00. The molecule has 4 aromatic rings. The van der Waals surface area contributed by atoms with Crippen molar-refractivity contribution in [2.75, 3.05) is 5.32 Å². The number of hydrogen-bond acceptors (Lipinski definition) is 4. The van der Waals surface area contributed by atoms with E-state index in [4.69, 9.17) is 9.40 Å². The second kappa shape index (κ2) is 6.23. The molecule has 1 aliphatic rings. The molecule has 0 spiro atoms. The zero-order valence-electron chi connectivity index (χ0n) is 15.6. The van der Waals surface area contributed by atoms with Gasteiger partial charge in [0.05, 0.1) is 11.0 Å². The highest BCUT2D eigenvalue weighted by Gasteiger charge is 2.36. The number of aryl methyl sites for hydroxylation is 1. The number of nitrogens with zero attached hydrogens (tertiary/aromatic N) is 2. The lowest BCUT2D eigenvalue weighted by atomic mass is 9.92. The summed E-state index contributed by atoms with van der Waals surface area (Å²) >= 11 is 0. The summed E-state index contributed by atoms with van der Waals surface area (Å²) in [5.41, 5.74) is 3.93.